The Morgan fingerprint density at radius 2 is 1.78 bits per heavy atom. The summed E-state index contributed by atoms with van der Waals surface area (Å²) >= 11 is 0. The summed E-state index contributed by atoms with van der Waals surface area (Å²) in [5.41, 5.74) is 7.27. The van der Waals surface area contributed by atoms with Crippen LogP contribution >= 0.6 is 0 Å². The third-order valence-electron chi connectivity index (χ3n) is 2.74. The zero-order chi connectivity index (χ0) is 13.3. The number of primary amides is 1. The molecular formula is C14H12FNO2. The van der Waals surface area contributed by atoms with Gasteiger partial charge in [-0.1, -0.05) is 12.1 Å². The van der Waals surface area contributed by atoms with Crippen molar-refractivity contribution in [2.75, 3.05) is 0 Å². The summed E-state index contributed by atoms with van der Waals surface area (Å²) in [5.74, 6) is -1.14. The van der Waals surface area contributed by atoms with Gasteiger partial charge in [0.05, 0.1) is 5.56 Å². The predicted octanol–water partition coefficient (Wildman–Crippen LogP) is 2.61. The quantitative estimate of drug-likeness (QED) is 0.854. The second kappa shape index (κ2) is 4.49. The van der Waals surface area contributed by atoms with E-state index in [-0.39, 0.29) is 17.1 Å². The lowest BCUT2D eigenvalue weighted by molar-refractivity contribution is 0.0997. The van der Waals surface area contributed by atoms with Gasteiger partial charge in [-0.05, 0) is 47.9 Å². The van der Waals surface area contributed by atoms with E-state index in [9.17, 15) is 14.3 Å². The van der Waals surface area contributed by atoms with Crippen LogP contribution in [0.25, 0.3) is 11.1 Å². The Kier molecular flexibility index (Phi) is 3.02. The van der Waals surface area contributed by atoms with E-state index in [0.717, 1.165) is 5.56 Å². The van der Waals surface area contributed by atoms with Crippen molar-refractivity contribution in [2.24, 2.45) is 5.73 Å². The summed E-state index contributed by atoms with van der Waals surface area (Å²) in [4.78, 5) is 11.2. The number of carbonyl (C=O) groups excluding carboxylic acids is 1. The molecule has 0 spiro atoms. The van der Waals surface area contributed by atoms with Crippen LogP contribution in [0.4, 0.5) is 4.39 Å². The summed E-state index contributed by atoms with van der Waals surface area (Å²) in [7, 11) is 0. The maximum absolute atomic E-state index is 12.8. The third kappa shape index (κ3) is 2.18. The van der Waals surface area contributed by atoms with Gasteiger partial charge in [-0.3, -0.25) is 4.79 Å². The molecule has 0 aliphatic heterocycles. The molecule has 0 unspecified atom stereocenters. The normalized spacial score (nSPS) is 10.3. The first kappa shape index (κ1) is 12.1. The number of nitrogens with two attached hydrogens (primary N) is 1. The number of rotatable bonds is 2. The summed E-state index contributed by atoms with van der Waals surface area (Å²) in [6.07, 6.45) is 0. The number of phenols is 1. The summed E-state index contributed by atoms with van der Waals surface area (Å²) in [5, 5.41) is 9.72. The Morgan fingerprint density at radius 3 is 2.33 bits per heavy atom. The van der Waals surface area contributed by atoms with Gasteiger partial charge in [0, 0.05) is 0 Å². The van der Waals surface area contributed by atoms with Crippen molar-refractivity contribution in [2.45, 2.75) is 6.92 Å². The molecule has 18 heavy (non-hydrogen) atoms. The molecule has 0 aliphatic carbocycles. The summed E-state index contributed by atoms with van der Waals surface area (Å²) < 4.78 is 12.8. The van der Waals surface area contributed by atoms with Crippen LogP contribution in [0.3, 0.4) is 0 Å². The van der Waals surface area contributed by atoms with E-state index in [1.807, 2.05) is 0 Å². The Hall–Kier alpha value is -2.36. The number of aryl methyl sites for hydroxylation is 1. The van der Waals surface area contributed by atoms with Gasteiger partial charge in [0.25, 0.3) is 5.91 Å². The average molecular weight is 245 g/mol. The molecule has 2 aromatic rings. The zero-order valence-corrected chi connectivity index (χ0v) is 9.77. The molecule has 0 bridgehead atoms. The summed E-state index contributed by atoms with van der Waals surface area (Å²) in [6.45, 7) is 1.68. The van der Waals surface area contributed by atoms with Crippen LogP contribution in [0.1, 0.15) is 15.9 Å². The number of benzene rings is 2. The van der Waals surface area contributed by atoms with E-state index in [2.05, 4.69) is 0 Å². The Balaban J connectivity index is 2.59. The number of amides is 1. The van der Waals surface area contributed by atoms with Crippen LogP contribution in [0.2, 0.25) is 0 Å². The number of carbonyl (C=O) groups is 1. The lowest BCUT2D eigenvalue weighted by Crippen LogP contribution is -2.11. The van der Waals surface area contributed by atoms with Crippen LogP contribution in [-0.2, 0) is 0 Å². The van der Waals surface area contributed by atoms with Crippen molar-refractivity contribution in [1.82, 2.24) is 0 Å². The molecule has 3 nitrogen and oxygen atoms in total. The molecule has 2 rings (SSSR count). The number of aromatic hydroxyl groups is 1. The van der Waals surface area contributed by atoms with Gasteiger partial charge in [-0.2, -0.15) is 0 Å². The Morgan fingerprint density at radius 1 is 1.17 bits per heavy atom. The van der Waals surface area contributed by atoms with E-state index in [1.54, 1.807) is 25.1 Å². The first-order valence-electron chi connectivity index (χ1n) is 5.38. The van der Waals surface area contributed by atoms with Crippen LogP contribution in [0.5, 0.6) is 5.75 Å². The molecule has 3 N–H and O–H groups in total. The minimum absolute atomic E-state index is 0.0642. The highest BCUT2D eigenvalue weighted by molar-refractivity contribution is 5.97. The molecule has 92 valence electrons. The minimum atomic E-state index is -0.695. The van der Waals surface area contributed by atoms with Gasteiger partial charge in [0.2, 0.25) is 0 Å². The van der Waals surface area contributed by atoms with Crippen LogP contribution in [0, 0.1) is 12.7 Å². The van der Waals surface area contributed by atoms with Gasteiger partial charge in [-0.15, -0.1) is 0 Å². The number of hydrogen-bond donors (Lipinski definition) is 2. The van der Waals surface area contributed by atoms with Crippen molar-refractivity contribution in [3.05, 3.63) is 53.3 Å². The molecule has 0 radical (unpaired) electrons. The molecule has 0 aromatic heterocycles. The van der Waals surface area contributed by atoms with Gasteiger partial charge >= 0.3 is 0 Å². The molecule has 0 atom stereocenters. The second-order valence-corrected chi connectivity index (χ2v) is 4.06. The maximum atomic E-state index is 12.8. The minimum Gasteiger partial charge on any atom is -0.507 e. The van der Waals surface area contributed by atoms with E-state index >= 15 is 0 Å². The fourth-order valence-corrected chi connectivity index (χ4v) is 1.78. The standard InChI is InChI=1S/C14H12FNO2/c1-8-6-10(7-12(13(8)17)14(16)18)9-2-4-11(15)5-3-9/h2-7,17H,1H3,(H2,16,18). The highest BCUT2D eigenvalue weighted by Crippen LogP contribution is 2.29. The molecular weight excluding hydrogens is 233 g/mol. The first-order chi connectivity index (χ1) is 8.49. The average Bonchev–Trinajstić information content (AvgIpc) is 2.33. The third-order valence-corrected chi connectivity index (χ3v) is 2.74. The van der Waals surface area contributed by atoms with E-state index < -0.39 is 5.91 Å². The number of hydrogen-bond acceptors (Lipinski definition) is 2. The molecule has 0 aliphatic rings. The second-order valence-electron chi connectivity index (χ2n) is 4.06. The molecule has 4 heteroatoms. The Labute approximate surface area is 104 Å². The van der Waals surface area contributed by atoms with Crippen molar-refractivity contribution in [3.8, 4) is 16.9 Å². The maximum Gasteiger partial charge on any atom is 0.252 e. The highest BCUT2D eigenvalue weighted by Gasteiger charge is 2.12. The lowest BCUT2D eigenvalue weighted by atomic mass is 9.99. The largest absolute Gasteiger partial charge is 0.507 e. The fraction of sp³-hybridized carbons (Fsp3) is 0.0714. The predicted molar refractivity (Wildman–Crippen MR) is 66.8 cm³/mol. The van der Waals surface area contributed by atoms with Crippen molar-refractivity contribution >= 4 is 5.91 Å². The van der Waals surface area contributed by atoms with Crippen LogP contribution < -0.4 is 5.73 Å². The molecule has 1 amide bonds. The smallest absolute Gasteiger partial charge is 0.252 e. The summed E-state index contributed by atoms with van der Waals surface area (Å²) in [6, 6.07) is 9.09. The Bertz CT molecular complexity index is 606. The number of halogens is 1. The molecule has 0 saturated carbocycles. The van der Waals surface area contributed by atoms with Gasteiger partial charge in [0.1, 0.15) is 11.6 Å². The van der Waals surface area contributed by atoms with Gasteiger partial charge < -0.3 is 10.8 Å². The van der Waals surface area contributed by atoms with E-state index in [1.165, 1.54) is 18.2 Å². The highest BCUT2D eigenvalue weighted by atomic mass is 19.1. The van der Waals surface area contributed by atoms with Crippen molar-refractivity contribution in [3.63, 3.8) is 0 Å². The van der Waals surface area contributed by atoms with Crippen LogP contribution in [0.15, 0.2) is 36.4 Å². The molecule has 0 saturated heterocycles. The van der Waals surface area contributed by atoms with Gasteiger partial charge in [-0.25, -0.2) is 4.39 Å². The lowest BCUT2D eigenvalue weighted by Gasteiger charge is -2.08. The van der Waals surface area contributed by atoms with Crippen LogP contribution in [-0.4, -0.2) is 11.0 Å². The zero-order valence-electron chi connectivity index (χ0n) is 9.77. The van der Waals surface area contributed by atoms with E-state index in [4.69, 9.17) is 5.73 Å². The molecule has 0 fully saturated rings. The first-order valence-corrected chi connectivity index (χ1v) is 5.38. The van der Waals surface area contributed by atoms with Gasteiger partial charge in [0.15, 0.2) is 0 Å². The fourth-order valence-electron chi connectivity index (χ4n) is 1.78. The molecule has 2 aromatic carbocycles. The van der Waals surface area contributed by atoms with E-state index in [0.29, 0.717) is 11.1 Å². The van der Waals surface area contributed by atoms with Crippen molar-refractivity contribution in [1.29, 1.82) is 0 Å². The van der Waals surface area contributed by atoms with Crippen molar-refractivity contribution < 1.29 is 14.3 Å². The SMILES string of the molecule is Cc1cc(-c2ccc(F)cc2)cc(C(N)=O)c1O. The monoisotopic (exact) mass is 245 g/mol. The topological polar surface area (TPSA) is 63.3 Å². The molecule has 0 heterocycles.